The minimum Gasteiger partial charge on any atom is -0.366 e. The van der Waals surface area contributed by atoms with Crippen LogP contribution in [0.4, 0.5) is 0 Å². The first-order chi connectivity index (χ1) is 21.1. The molecule has 0 aromatic carbocycles. The normalized spacial score (nSPS) is 29.8. The summed E-state index contributed by atoms with van der Waals surface area (Å²) < 4.78 is 59.4. The third-order valence-corrected chi connectivity index (χ3v) is 5.77. The highest BCUT2D eigenvalue weighted by atomic mass is 16.8. The number of rotatable bonds is 18. The predicted molar refractivity (Wildman–Crippen MR) is 154 cm³/mol. The first-order valence-electron chi connectivity index (χ1n) is 13.1. The molecule has 2 heterocycles. The summed E-state index contributed by atoms with van der Waals surface area (Å²) >= 11 is 0. The highest BCUT2D eigenvalue weighted by Crippen LogP contribution is 2.32. The van der Waals surface area contributed by atoms with Crippen LogP contribution in [0.5, 0.6) is 0 Å². The molecule has 228 valence electrons. The minimum absolute atomic E-state index is 0.0102. The molecule has 0 saturated carbocycles. The van der Waals surface area contributed by atoms with Gasteiger partial charge in [0.2, 0.25) is 0 Å². The molecule has 9 atom stereocenters. The molecule has 0 amide bonds. The van der Waals surface area contributed by atoms with Crippen LogP contribution in [0, 0.1) is 86.4 Å². The zero-order valence-corrected chi connectivity index (χ0v) is 23.7. The van der Waals surface area contributed by atoms with Crippen LogP contribution < -0.4 is 5.32 Å². The van der Waals surface area contributed by atoms with Crippen molar-refractivity contribution >= 4 is 0 Å². The Morgan fingerprint density at radius 1 is 0.488 bits per heavy atom. The van der Waals surface area contributed by atoms with E-state index >= 15 is 0 Å². The molecule has 0 aromatic heterocycles. The molecule has 0 radical (unpaired) electrons. The molecule has 0 bridgehead atoms. The molecule has 2 rings (SSSR count). The first kappa shape index (κ1) is 35.7. The molecular formula is C32H35NO10. The average Bonchev–Trinajstić information content (AvgIpc) is 3.01. The number of nitrogens with one attached hydrogen (secondary N) is 1. The van der Waals surface area contributed by atoms with Gasteiger partial charge in [-0.25, -0.2) is 0 Å². The number of terminal acetylenes is 7. The van der Waals surface area contributed by atoms with Crippen molar-refractivity contribution in [2.24, 2.45) is 0 Å². The second kappa shape index (κ2) is 21.2. The van der Waals surface area contributed by atoms with E-state index in [1.807, 2.05) is 0 Å². The van der Waals surface area contributed by atoms with Crippen molar-refractivity contribution in [3.8, 4) is 86.4 Å². The molecule has 11 heteroatoms. The van der Waals surface area contributed by atoms with Crippen molar-refractivity contribution in [2.45, 2.75) is 55.6 Å². The first-order valence-corrected chi connectivity index (χ1v) is 13.1. The predicted octanol–water partition coefficient (Wildman–Crippen LogP) is -0.651. The van der Waals surface area contributed by atoms with Crippen molar-refractivity contribution < 1.29 is 47.4 Å². The molecule has 6 unspecified atom stereocenters. The molecule has 0 aromatic rings. The van der Waals surface area contributed by atoms with Crippen molar-refractivity contribution in [1.29, 1.82) is 0 Å². The third kappa shape index (κ3) is 11.6. The van der Waals surface area contributed by atoms with Crippen molar-refractivity contribution in [3.05, 3.63) is 0 Å². The van der Waals surface area contributed by atoms with Gasteiger partial charge in [-0.3, -0.25) is 5.32 Å². The number of hydrogen-bond acceptors (Lipinski definition) is 11. The standard InChI is InChI=1S/C32H35NO10/c1-8-15-34-22-24-26(27(36-17-10-3)28(37-18-11-4)31(41-24)40-21-14-7)43-32-29(38-19-12-5)30(39-20-13-6)33-25(42-32)23-35-16-9-2/h1-7,24-33H,15-23H2/t24?,25?,26-,27?,28?,29?,30?,31-,32+/m1/s1. The van der Waals surface area contributed by atoms with E-state index < -0.39 is 55.6 Å². The molecule has 2 aliphatic rings. The summed E-state index contributed by atoms with van der Waals surface area (Å²) in [6.07, 6.45) is 29.6. The Morgan fingerprint density at radius 3 is 1.60 bits per heavy atom. The topological polar surface area (TPSA) is 104 Å². The van der Waals surface area contributed by atoms with Gasteiger partial charge in [0.05, 0.1) is 13.2 Å². The van der Waals surface area contributed by atoms with Gasteiger partial charge in [-0.15, -0.1) is 45.0 Å². The van der Waals surface area contributed by atoms with Gasteiger partial charge in [0.1, 0.15) is 89.2 Å². The second-order valence-electron chi connectivity index (χ2n) is 8.63. The van der Waals surface area contributed by atoms with Gasteiger partial charge in [0.15, 0.2) is 12.6 Å². The van der Waals surface area contributed by atoms with E-state index in [2.05, 4.69) is 46.8 Å². The largest absolute Gasteiger partial charge is 0.366 e. The SMILES string of the molecule is C#CCOCC1NC(OCC#C)C(OCC#C)[C@H](O[C@@H]2C(COCC#C)O[C@@H](OCC#C)C(OCC#C)C2OCC#C)O1. The van der Waals surface area contributed by atoms with E-state index in [1.165, 1.54) is 0 Å². The molecule has 2 fully saturated rings. The molecule has 0 aliphatic carbocycles. The maximum absolute atomic E-state index is 6.54. The van der Waals surface area contributed by atoms with E-state index in [1.54, 1.807) is 0 Å². The Labute approximate surface area is 254 Å². The summed E-state index contributed by atoms with van der Waals surface area (Å²) in [6, 6.07) is 0. The van der Waals surface area contributed by atoms with E-state index in [9.17, 15) is 0 Å². The Morgan fingerprint density at radius 2 is 1.00 bits per heavy atom. The van der Waals surface area contributed by atoms with Crippen LogP contribution in [0.15, 0.2) is 0 Å². The molecule has 2 aliphatic heterocycles. The fraction of sp³-hybridized carbons (Fsp3) is 0.562. The van der Waals surface area contributed by atoms with Crippen LogP contribution in [-0.2, 0) is 47.4 Å². The monoisotopic (exact) mass is 593 g/mol. The Balaban J connectivity index is 2.51. The highest BCUT2D eigenvalue weighted by Gasteiger charge is 2.52. The van der Waals surface area contributed by atoms with Crippen LogP contribution >= 0.6 is 0 Å². The summed E-state index contributed by atoms with van der Waals surface area (Å²) in [4.78, 5) is 0. The maximum atomic E-state index is 6.54. The third-order valence-electron chi connectivity index (χ3n) is 5.77. The lowest BCUT2D eigenvalue weighted by Gasteiger charge is -2.48. The van der Waals surface area contributed by atoms with E-state index in [4.69, 9.17) is 92.3 Å². The second-order valence-corrected chi connectivity index (χ2v) is 8.63. The summed E-state index contributed by atoms with van der Waals surface area (Å²) in [5.74, 6) is 16.9. The lowest BCUT2D eigenvalue weighted by molar-refractivity contribution is -0.363. The van der Waals surface area contributed by atoms with Crippen molar-refractivity contribution in [1.82, 2.24) is 5.32 Å². The van der Waals surface area contributed by atoms with Gasteiger partial charge >= 0.3 is 0 Å². The van der Waals surface area contributed by atoms with E-state index in [0.29, 0.717) is 0 Å². The smallest absolute Gasteiger partial charge is 0.190 e. The quantitative estimate of drug-likeness (QED) is 0.162. The average molecular weight is 594 g/mol. The van der Waals surface area contributed by atoms with Gasteiger partial charge in [0.25, 0.3) is 0 Å². The lowest BCUT2D eigenvalue weighted by Crippen LogP contribution is -2.67. The molecule has 11 nitrogen and oxygen atoms in total. The van der Waals surface area contributed by atoms with Crippen LogP contribution in [0.3, 0.4) is 0 Å². The van der Waals surface area contributed by atoms with Gasteiger partial charge in [-0.2, -0.15) is 0 Å². The maximum Gasteiger partial charge on any atom is 0.190 e. The van der Waals surface area contributed by atoms with Crippen molar-refractivity contribution in [3.63, 3.8) is 0 Å². The van der Waals surface area contributed by atoms with E-state index in [-0.39, 0.29) is 59.5 Å². The molecule has 1 N–H and O–H groups in total. The van der Waals surface area contributed by atoms with Gasteiger partial charge in [-0.1, -0.05) is 41.4 Å². The van der Waals surface area contributed by atoms with E-state index in [0.717, 1.165) is 0 Å². The fourth-order valence-electron chi connectivity index (χ4n) is 4.20. The van der Waals surface area contributed by atoms with Gasteiger partial charge in [0, 0.05) is 0 Å². The minimum atomic E-state index is -1.16. The van der Waals surface area contributed by atoms with Gasteiger partial charge in [-0.05, 0) is 0 Å². The molecule has 43 heavy (non-hydrogen) atoms. The Hall–Kier alpha value is -3.52. The Kier molecular flexibility index (Phi) is 17.6. The number of ether oxygens (including phenoxy) is 10. The summed E-state index contributed by atoms with van der Waals surface area (Å²) in [6.45, 7) is -0.480. The molecule has 0 spiro atoms. The summed E-state index contributed by atoms with van der Waals surface area (Å²) in [5.41, 5.74) is 0. The molecule has 2 saturated heterocycles. The Bertz CT molecular complexity index is 1130. The van der Waals surface area contributed by atoms with Crippen molar-refractivity contribution in [2.75, 3.05) is 59.5 Å². The lowest BCUT2D eigenvalue weighted by atomic mass is 9.98. The van der Waals surface area contributed by atoms with Crippen LogP contribution in [0.1, 0.15) is 0 Å². The summed E-state index contributed by atoms with van der Waals surface area (Å²) in [7, 11) is 0. The van der Waals surface area contributed by atoms with Crippen LogP contribution in [0.25, 0.3) is 0 Å². The van der Waals surface area contributed by atoms with Crippen LogP contribution in [0.2, 0.25) is 0 Å². The summed E-state index contributed by atoms with van der Waals surface area (Å²) in [5, 5.41) is 3.11. The van der Waals surface area contributed by atoms with Gasteiger partial charge < -0.3 is 47.4 Å². The van der Waals surface area contributed by atoms with Crippen LogP contribution in [-0.4, -0.2) is 115 Å². The number of hydrogen-bond donors (Lipinski definition) is 1. The zero-order chi connectivity index (χ0) is 31.3. The zero-order valence-electron chi connectivity index (χ0n) is 23.7. The molecular weight excluding hydrogens is 558 g/mol. The highest BCUT2D eigenvalue weighted by molar-refractivity contribution is 4.99. The fourth-order valence-corrected chi connectivity index (χ4v) is 4.20.